The van der Waals surface area contributed by atoms with E-state index in [9.17, 15) is 13.2 Å². The lowest BCUT2D eigenvalue weighted by atomic mass is 10.1. The molecule has 0 aliphatic heterocycles. The summed E-state index contributed by atoms with van der Waals surface area (Å²) in [6, 6.07) is 18.8. The van der Waals surface area contributed by atoms with Crippen molar-refractivity contribution in [2.75, 3.05) is 24.6 Å². The van der Waals surface area contributed by atoms with Crippen molar-refractivity contribution in [1.29, 1.82) is 0 Å². The van der Waals surface area contributed by atoms with Gasteiger partial charge in [-0.05, 0) is 80.4 Å². The second kappa shape index (κ2) is 11.6. The number of carbonyl (C=O) groups is 1. The van der Waals surface area contributed by atoms with E-state index in [-0.39, 0.29) is 16.7 Å². The van der Waals surface area contributed by atoms with E-state index in [1.54, 1.807) is 43.3 Å². The zero-order valence-electron chi connectivity index (χ0n) is 20.1. The highest BCUT2D eigenvalue weighted by atomic mass is 79.9. The fourth-order valence-electron chi connectivity index (χ4n) is 3.57. The Labute approximate surface area is 215 Å². The van der Waals surface area contributed by atoms with Crippen LogP contribution in [0.3, 0.4) is 0 Å². The molecule has 1 N–H and O–H groups in total. The van der Waals surface area contributed by atoms with Crippen molar-refractivity contribution in [3.63, 3.8) is 0 Å². The number of carbonyl (C=O) groups excluding carboxylic acids is 1. The minimum Gasteiger partial charge on any atom is -0.495 e. The summed E-state index contributed by atoms with van der Waals surface area (Å²) < 4.78 is 40.5. The molecular formula is C26H29BrN2O5S. The molecule has 7 nitrogen and oxygen atoms in total. The second-order valence-corrected chi connectivity index (χ2v) is 10.7. The number of sulfonamides is 1. The molecular weight excluding hydrogens is 532 g/mol. The van der Waals surface area contributed by atoms with Gasteiger partial charge in [-0.25, -0.2) is 8.42 Å². The van der Waals surface area contributed by atoms with Crippen molar-refractivity contribution in [3.05, 3.63) is 82.3 Å². The van der Waals surface area contributed by atoms with Crippen LogP contribution in [0, 0.1) is 6.92 Å². The number of aryl methyl sites for hydroxylation is 1. The lowest BCUT2D eigenvalue weighted by Gasteiger charge is -2.26. The number of nitrogens with one attached hydrogen (secondary N) is 1. The van der Waals surface area contributed by atoms with Crippen molar-refractivity contribution in [1.82, 2.24) is 5.32 Å². The number of hydrogen-bond donors (Lipinski definition) is 1. The Kier molecular flexibility index (Phi) is 8.80. The van der Waals surface area contributed by atoms with Crippen LogP contribution in [0.4, 0.5) is 5.69 Å². The molecule has 0 radical (unpaired) electrons. The molecule has 35 heavy (non-hydrogen) atoms. The lowest BCUT2D eigenvalue weighted by molar-refractivity contribution is -0.120. The number of methoxy groups -OCH3 is 1. The Morgan fingerprint density at radius 3 is 2.43 bits per heavy atom. The van der Waals surface area contributed by atoms with Crippen LogP contribution in [-0.2, 0) is 14.8 Å². The van der Waals surface area contributed by atoms with Gasteiger partial charge in [-0.15, -0.1) is 0 Å². The van der Waals surface area contributed by atoms with Crippen LogP contribution in [0.15, 0.2) is 76.1 Å². The van der Waals surface area contributed by atoms with Crippen molar-refractivity contribution in [2.45, 2.75) is 31.7 Å². The van der Waals surface area contributed by atoms with Crippen LogP contribution >= 0.6 is 15.9 Å². The first kappa shape index (κ1) is 26.6. The van der Waals surface area contributed by atoms with Crippen molar-refractivity contribution < 1.29 is 22.7 Å². The molecule has 1 amide bonds. The first-order chi connectivity index (χ1) is 16.6. The topological polar surface area (TPSA) is 84.9 Å². The Morgan fingerprint density at radius 2 is 1.80 bits per heavy atom. The zero-order chi connectivity index (χ0) is 25.6. The standard InChI is InChI=1S/C26H29BrN2O5S/c1-5-34-23-12-10-22(11-13-23)29(35(31,32)25-15-18(2)9-14-24(25)33-4)17-26(30)28-19(3)20-7-6-8-21(27)16-20/h6-16,19H,5,17H2,1-4H3,(H,28,30)/t19-/m1/s1. The van der Waals surface area contributed by atoms with Gasteiger partial charge < -0.3 is 14.8 Å². The van der Waals surface area contributed by atoms with Crippen LogP contribution in [0.25, 0.3) is 0 Å². The van der Waals surface area contributed by atoms with Gasteiger partial charge in [0.1, 0.15) is 22.9 Å². The fourth-order valence-corrected chi connectivity index (χ4v) is 5.65. The van der Waals surface area contributed by atoms with Crippen LogP contribution < -0.4 is 19.1 Å². The molecule has 0 heterocycles. The van der Waals surface area contributed by atoms with Crippen molar-refractivity contribution >= 4 is 37.5 Å². The molecule has 3 aromatic rings. The summed E-state index contributed by atoms with van der Waals surface area (Å²) in [4.78, 5) is 13.1. The maximum atomic E-state index is 13.8. The van der Waals surface area contributed by atoms with Gasteiger partial charge in [-0.3, -0.25) is 9.10 Å². The van der Waals surface area contributed by atoms with Crippen molar-refractivity contribution in [2.24, 2.45) is 0 Å². The SMILES string of the molecule is CCOc1ccc(N(CC(=O)N[C@H](C)c2cccc(Br)c2)S(=O)(=O)c2cc(C)ccc2OC)cc1. The van der Waals surface area contributed by atoms with Gasteiger partial charge in [-0.1, -0.05) is 34.1 Å². The number of benzene rings is 3. The van der Waals surface area contributed by atoms with E-state index in [0.29, 0.717) is 18.0 Å². The molecule has 0 aromatic heterocycles. The Bertz CT molecular complexity index is 1280. The third-order valence-corrected chi connectivity index (χ3v) is 7.62. The fraction of sp³-hybridized carbons (Fsp3) is 0.269. The molecule has 1 atom stereocenters. The molecule has 3 rings (SSSR count). The first-order valence-corrected chi connectivity index (χ1v) is 13.3. The summed E-state index contributed by atoms with van der Waals surface area (Å²) in [5.41, 5.74) is 1.98. The number of ether oxygens (including phenoxy) is 2. The van der Waals surface area contributed by atoms with Crippen molar-refractivity contribution in [3.8, 4) is 11.5 Å². The summed E-state index contributed by atoms with van der Waals surface area (Å²) >= 11 is 3.43. The van der Waals surface area contributed by atoms with Crippen LogP contribution in [-0.4, -0.2) is 34.6 Å². The third kappa shape index (κ3) is 6.55. The van der Waals surface area contributed by atoms with Crippen LogP contribution in [0.5, 0.6) is 11.5 Å². The largest absolute Gasteiger partial charge is 0.495 e. The molecule has 0 unspecified atom stereocenters. The average Bonchev–Trinajstić information content (AvgIpc) is 2.83. The number of hydrogen-bond acceptors (Lipinski definition) is 5. The maximum absolute atomic E-state index is 13.8. The number of anilines is 1. The Balaban J connectivity index is 1.97. The number of nitrogens with zero attached hydrogens (tertiary/aromatic N) is 1. The van der Waals surface area contributed by atoms with E-state index >= 15 is 0 Å². The highest BCUT2D eigenvalue weighted by Crippen LogP contribution is 2.31. The van der Waals surface area contributed by atoms with Gasteiger partial charge >= 0.3 is 0 Å². The van der Waals surface area contributed by atoms with E-state index in [1.165, 1.54) is 13.2 Å². The quantitative estimate of drug-likeness (QED) is 0.366. The van der Waals surface area contributed by atoms with Crippen LogP contribution in [0.1, 0.15) is 31.0 Å². The molecule has 0 spiro atoms. The molecule has 3 aromatic carbocycles. The number of amides is 1. The predicted molar refractivity (Wildman–Crippen MR) is 141 cm³/mol. The summed E-state index contributed by atoms with van der Waals surface area (Å²) in [5, 5.41) is 2.90. The summed E-state index contributed by atoms with van der Waals surface area (Å²) in [5.74, 6) is 0.366. The average molecular weight is 561 g/mol. The van der Waals surface area contributed by atoms with E-state index in [2.05, 4.69) is 21.2 Å². The molecule has 0 aliphatic carbocycles. The van der Waals surface area contributed by atoms with E-state index in [0.717, 1.165) is 19.9 Å². The maximum Gasteiger partial charge on any atom is 0.268 e. The minimum absolute atomic E-state index is 0.0123. The van der Waals surface area contributed by atoms with Gasteiger partial charge in [0.05, 0.1) is 25.4 Å². The normalized spacial score (nSPS) is 12.0. The van der Waals surface area contributed by atoms with Gasteiger partial charge in [0.2, 0.25) is 5.91 Å². The molecule has 0 aliphatic rings. The lowest BCUT2D eigenvalue weighted by Crippen LogP contribution is -2.41. The molecule has 0 saturated heterocycles. The van der Waals surface area contributed by atoms with Gasteiger partial charge in [0.15, 0.2) is 0 Å². The summed E-state index contributed by atoms with van der Waals surface area (Å²) in [7, 11) is -2.73. The Hall–Kier alpha value is -3.04. The number of rotatable bonds is 10. The number of halogens is 1. The molecule has 0 bridgehead atoms. The van der Waals surface area contributed by atoms with Gasteiger partial charge in [0.25, 0.3) is 10.0 Å². The molecule has 0 saturated carbocycles. The van der Waals surface area contributed by atoms with Crippen LogP contribution in [0.2, 0.25) is 0 Å². The van der Waals surface area contributed by atoms with Gasteiger partial charge in [-0.2, -0.15) is 0 Å². The minimum atomic E-state index is -4.15. The molecule has 9 heteroatoms. The highest BCUT2D eigenvalue weighted by Gasteiger charge is 2.30. The first-order valence-electron chi connectivity index (χ1n) is 11.1. The third-order valence-electron chi connectivity index (χ3n) is 5.34. The highest BCUT2D eigenvalue weighted by molar-refractivity contribution is 9.10. The summed E-state index contributed by atoms with van der Waals surface area (Å²) in [6.07, 6.45) is 0. The van der Waals surface area contributed by atoms with Gasteiger partial charge in [0, 0.05) is 4.47 Å². The van der Waals surface area contributed by atoms with E-state index < -0.39 is 22.5 Å². The Morgan fingerprint density at radius 1 is 1.09 bits per heavy atom. The molecule has 186 valence electrons. The monoisotopic (exact) mass is 560 g/mol. The molecule has 0 fully saturated rings. The van der Waals surface area contributed by atoms with E-state index in [4.69, 9.17) is 9.47 Å². The predicted octanol–water partition coefficient (Wildman–Crippen LogP) is 5.24. The second-order valence-electron chi connectivity index (χ2n) is 7.94. The smallest absolute Gasteiger partial charge is 0.268 e. The van der Waals surface area contributed by atoms with E-state index in [1.807, 2.05) is 38.1 Å². The summed E-state index contributed by atoms with van der Waals surface area (Å²) in [6.45, 7) is 5.58. The zero-order valence-corrected chi connectivity index (χ0v) is 22.5.